The highest BCUT2D eigenvalue weighted by atomic mass is 16.5. The molecule has 0 spiro atoms. The molecule has 0 amide bonds. The number of hydrogen-bond donors (Lipinski definition) is 2. The van der Waals surface area contributed by atoms with Gasteiger partial charge in [-0.1, -0.05) is 12.1 Å². The minimum Gasteiger partial charge on any atom is -0.465 e. The Kier molecular flexibility index (Phi) is 3.00. The molecule has 0 aliphatic heterocycles. The quantitative estimate of drug-likeness (QED) is 0.705. The lowest BCUT2D eigenvalue weighted by atomic mass is 10.2. The standard InChI is InChI=1S/C13H11N5O2/c1-20-13(19)8-4-2-3-5-10(8)17-11-9-6-16-18-12(9)15-7-14-11/h2-7H,1H3,(H2,14,15,16,17,18). The number of esters is 1. The number of hydrogen-bond acceptors (Lipinski definition) is 6. The molecule has 0 aliphatic rings. The van der Waals surface area contributed by atoms with E-state index in [-0.39, 0.29) is 0 Å². The number of benzene rings is 1. The Morgan fingerprint density at radius 3 is 3.00 bits per heavy atom. The van der Waals surface area contributed by atoms with Crippen molar-refractivity contribution >= 4 is 28.5 Å². The monoisotopic (exact) mass is 269 g/mol. The molecule has 7 nitrogen and oxygen atoms in total. The first-order chi connectivity index (χ1) is 9.79. The zero-order chi connectivity index (χ0) is 13.9. The number of nitrogens with zero attached hydrogens (tertiary/aromatic N) is 3. The van der Waals surface area contributed by atoms with Crippen LogP contribution >= 0.6 is 0 Å². The van der Waals surface area contributed by atoms with Gasteiger partial charge in [0.1, 0.15) is 12.1 Å². The number of carbonyl (C=O) groups excluding carboxylic acids is 1. The number of anilines is 2. The highest BCUT2D eigenvalue weighted by Gasteiger charge is 2.13. The summed E-state index contributed by atoms with van der Waals surface area (Å²) >= 11 is 0. The van der Waals surface area contributed by atoms with Crippen LogP contribution in [0.2, 0.25) is 0 Å². The molecule has 0 unspecified atom stereocenters. The Hall–Kier alpha value is -2.96. The zero-order valence-electron chi connectivity index (χ0n) is 10.6. The molecule has 100 valence electrons. The number of fused-ring (bicyclic) bond motifs is 1. The van der Waals surface area contributed by atoms with E-state index in [9.17, 15) is 4.79 Å². The van der Waals surface area contributed by atoms with Crippen molar-refractivity contribution in [2.45, 2.75) is 0 Å². The fourth-order valence-electron chi connectivity index (χ4n) is 1.87. The summed E-state index contributed by atoms with van der Waals surface area (Å²) in [6.45, 7) is 0. The molecule has 0 saturated heterocycles. The van der Waals surface area contributed by atoms with Crippen molar-refractivity contribution in [2.24, 2.45) is 0 Å². The lowest BCUT2D eigenvalue weighted by Crippen LogP contribution is -2.06. The molecule has 2 aromatic heterocycles. The molecule has 20 heavy (non-hydrogen) atoms. The number of aromatic nitrogens is 4. The fraction of sp³-hybridized carbons (Fsp3) is 0.0769. The van der Waals surface area contributed by atoms with Crippen LogP contribution in [0.5, 0.6) is 0 Å². The van der Waals surface area contributed by atoms with E-state index in [0.717, 1.165) is 5.39 Å². The molecule has 2 heterocycles. The molecule has 3 rings (SSSR count). The van der Waals surface area contributed by atoms with E-state index in [4.69, 9.17) is 4.74 Å². The first-order valence-corrected chi connectivity index (χ1v) is 5.88. The van der Waals surface area contributed by atoms with Crippen LogP contribution in [0.4, 0.5) is 11.5 Å². The van der Waals surface area contributed by atoms with Crippen molar-refractivity contribution < 1.29 is 9.53 Å². The molecule has 0 saturated carbocycles. The van der Waals surface area contributed by atoms with Crippen molar-refractivity contribution in [1.82, 2.24) is 20.2 Å². The lowest BCUT2D eigenvalue weighted by Gasteiger charge is -2.10. The van der Waals surface area contributed by atoms with Crippen molar-refractivity contribution in [2.75, 3.05) is 12.4 Å². The number of nitrogens with one attached hydrogen (secondary N) is 2. The molecule has 0 fully saturated rings. The first kappa shape index (κ1) is 12.1. The summed E-state index contributed by atoms with van der Waals surface area (Å²) in [4.78, 5) is 19.9. The Labute approximate surface area is 114 Å². The van der Waals surface area contributed by atoms with Gasteiger partial charge in [-0.05, 0) is 12.1 Å². The molecule has 3 aromatic rings. The summed E-state index contributed by atoms with van der Waals surface area (Å²) < 4.78 is 4.76. The fourth-order valence-corrected chi connectivity index (χ4v) is 1.87. The van der Waals surface area contributed by atoms with Gasteiger partial charge >= 0.3 is 5.97 Å². The Balaban J connectivity index is 2.03. The minimum absolute atomic E-state index is 0.411. The van der Waals surface area contributed by atoms with Gasteiger partial charge in [-0.25, -0.2) is 14.8 Å². The molecular weight excluding hydrogens is 258 g/mol. The third-order valence-corrected chi connectivity index (χ3v) is 2.83. The maximum absolute atomic E-state index is 11.7. The average molecular weight is 269 g/mol. The number of carbonyl (C=O) groups is 1. The number of rotatable bonds is 3. The van der Waals surface area contributed by atoms with E-state index < -0.39 is 5.97 Å². The smallest absolute Gasteiger partial charge is 0.339 e. The number of H-pyrrole nitrogens is 1. The summed E-state index contributed by atoms with van der Waals surface area (Å²) in [7, 11) is 1.35. The minimum atomic E-state index is -0.411. The third kappa shape index (κ3) is 2.05. The Morgan fingerprint density at radius 2 is 2.15 bits per heavy atom. The Morgan fingerprint density at radius 1 is 1.30 bits per heavy atom. The van der Waals surface area contributed by atoms with Gasteiger partial charge in [0, 0.05) is 0 Å². The maximum atomic E-state index is 11.7. The van der Waals surface area contributed by atoms with Gasteiger partial charge in [0.15, 0.2) is 5.65 Å². The molecule has 2 N–H and O–H groups in total. The Bertz CT molecular complexity index is 768. The number of aromatic amines is 1. The van der Waals surface area contributed by atoms with Gasteiger partial charge < -0.3 is 10.1 Å². The molecular formula is C13H11N5O2. The van der Waals surface area contributed by atoms with Crippen LogP contribution in [0.25, 0.3) is 11.0 Å². The summed E-state index contributed by atoms with van der Waals surface area (Å²) in [5.41, 5.74) is 1.67. The topological polar surface area (TPSA) is 92.8 Å². The van der Waals surface area contributed by atoms with Gasteiger partial charge in [0.05, 0.1) is 29.9 Å². The van der Waals surface area contributed by atoms with E-state index >= 15 is 0 Å². The predicted molar refractivity (Wildman–Crippen MR) is 72.7 cm³/mol. The van der Waals surface area contributed by atoms with Gasteiger partial charge in [-0.3, -0.25) is 5.10 Å². The van der Waals surface area contributed by atoms with E-state index in [1.807, 2.05) is 6.07 Å². The highest BCUT2D eigenvalue weighted by molar-refractivity contribution is 5.98. The van der Waals surface area contributed by atoms with Crippen LogP contribution in [-0.2, 0) is 4.74 Å². The van der Waals surface area contributed by atoms with E-state index in [0.29, 0.717) is 22.7 Å². The number of para-hydroxylation sites is 1. The third-order valence-electron chi connectivity index (χ3n) is 2.83. The van der Waals surface area contributed by atoms with Crippen LogP contribution in [0.15, 0.2) is 36.8 Å². The summed E-state index contributed by atoms with van der Waals surface area (Å²) in [5.74, 6) is 0.158. The molecule has 0 atom stereocenters. The lowest BCUT2D eigenvalue weighted by molar-refractivity contribution is 0.0602. The highest BCUT2D eigenvalue weighted by Crippen LogP contribution is 2.24. The van der Waals surface area contributed by atoms with Crippen molar-refractivity contribution in [3.8, 4) is 0 Å². The van der Waals surface area contributed by atoms with Crippen LogP contribution in [0, 0.1) is 0 Å². The molecule has 7 heteroatoms. The summed E-state index contributed by atoms with van der Waals surface area (Å²) in [6.07, 6.45) is 3.04. The van der Waals surface area contributed by atoms with Gasteiger partial charge in [0.25, 0.3) is 0 Å². The first-order valence-electron chi connectivity index (χ1n) is 5.88. The van der Waals surface area contributed by atoms with Crippen LogP contribution in [-0.4, -0.2) is 33.2 Å². The maximum Gasteiger partial charge on any atom is 0.339 e. The average Bonchev–Trinajstić information content (AvgIpc) is 2.96. The second-order valence-electron chi connectivity index (χ2n) is 4.02. The second-order valence-corrected chi connectivity index (χ2v) is 4.02. The van der Waals surface area contributed by atoms with Crippen LogP contribution in [0.3, 0.4) is 0 Å². The normalized spacial score (nSPS) is 10.4. The van der Waals surface area contributed by atoms with Gasteiger partial charge in [-0.15, -0.1) is 0 Å². The number of ether oxygens (including phenoxy) is 1. The molecule has 0 radical (unpaired) electrons. The second kappa shape index (κ2) is 4.96. The van der Waals surface area contributed by atoms with E-state index in [1.54, 1.807) is 24.4 Å². The zero-order valence-corrected chi connectivity index (χ0v) is 10.6. The molecule has 0 aliphatic carbocycles. The van der Waals surface area contributed by atoms with E-state index in [2.05, 4.69) is 25.5 Å². The van der Waals surface area contributed by atoms with Crippen molar-refractivity contribution in [1.29, 1.82) is 0 Å². The van der Waals surface area contributed by atoms with E-state index in [1.165, 1.54) is 13.4 Å². The summed E-state index contributed by atoms with van der Waals surface area (Å²) in [5, 5.41) is 10.5. The van der Waals surface area contributed by atoms with Crippen LogP contribution in [0.1, 0.15) is 10.4 Å². The van der Waals surface area contributed by atoms with Crippen LogP contribution < -0.4 is 5.32 Å². The van der Waals surface area contributed by atoms with Gasteiger partial charge in [0.2, 0.25) is 0 Å². The molecule has 0 bridgehead atoms. The van der Waals surface area contributed by atoms with Crippen molar-refractivity contribution in [3.63, 3.8) is 0 Å². The summed E-state index contributed by atoms with van der Waals surface area (Å²) in [6, 6.07) is 7.05. The number of methoxy groups -OCH3 is 1. The predicted octanol–water partition coefficient (Wildman–Crippen LogP) is 1.88. The SMILES string of the molecule is COC(=O)c1ccccc1Nc1ncnc2[nH]ncc12. The van der Waals surface area contributed by atoms with Gasteiger partial charge in [-0.2, -0.15) is 5.10 Å². The molecule has 1 aromatic carbocycles. The largest absolute Gasteiger partial charge is 0.465 e. The van der Waals surface area contributed by atoms with Crippen molar-refractivity contribution in [3.05, 3.63) is 42.4 Å².